The maximum Gasteiger partial charge on any atom is 0.123 e. The Bertz CT molecular complexity index is 359. The lowest BCUT2D eigenvalue weighted by Crippen LogP contribution is -2.47. The van der Waals surface area contributed by atoms with Crippen molar-refractivity contribution in [1.29, 1.82) is 0 Å². The highest BCUT2D eigenvalue weighted by Crippen LogP contribution is 2.19. The van der Waals surface area contributed by atoms with Crippen LogP contribution in [0.4, 0.5) is 4.39 Å². The summed E-state index contributed by atoms with van der Waals surface area (Å²) in [6, 6.07) is 6.84. The van der Waals surface area contributed by atoms with Gasteiger partial charge in [-0.25, -0.2) is 4.39 Å². The number of nitrogens with one attached hydrogen (secondary N) is 1. The fourth-order valence-electron chi connectivity index (χ4n) is 2.31. The van der Waals surface area contributed by atoms with Crippen molar-refractivity contribution >= 4 is 0 Å². The first-order valence-electron chi connectivity index (χ1n) is 6.28. The van der Waals surface area contributed by atoms with Crippen molar-refractivity contribution in [2.75, 3.05) is 19.6 Å². The number of hydrogen-bond donors (Lipinski definition) is 1. The van der Waals surface area contributed by atoms with Gasteiger partial charge in [0.25, 0.3) is 0 Å². The van der Waals surface area contributed by atoms with Gasteiger partial charge in [0, 0.05) is 25.2 Å². The van der Waals surface area contributed by atoms with Crippen molar-refractivity contribution in [3.8, 4) is 0 Å². The van der Waals surface area contributed by atoms with E-state index in [1.54, 1.807) is 12.1 Å². The average Bonchev–Trinajstić information content (AvgIpc) is 2.44. The van der Waals surface area contributed by atoms with Gasteiger partial charge >= 0.3 is 0 Å². The first kappa shape index (κ1) is 12.5. The van der Waals surface area contributed by atoms with E-state index in [1.807, 2.05) is 12.1 Å². The minimum absolute atomic E-state index is 0.158. The van der Waals surface area contributed by atoms with Gasteiger partial charge in [0.1, 0.15) is 5.82 Å². The minimum atomic E-state index is -0.162. The molecule has 0 aromatic heterocycles. The summed E-state index contributed by atoms with van der Waals surface area (Å²) in [6.45, 7) is 8.60. The van der Waals surface area contributed by atoms with Crippen LogP contribution in [0, 0.1) is 5.82 Å². The smallest absolute Gasteiger partial charge is 0.123 e. The Kier molecular flexibility index (Phi) is 3.79. The Balaban J connectivity index is 2.07. The second-order valence-electron chi connectivity index (χ2n) is 5.39. The molecule has 17 heavy (non-hydrogen) atoms. The van der Waals surface area contributed by atoms with E-state index in [2.05, 4.69) is 24.1 Å². The number of hydrogen-bond acceptors (Lipinski definition) is 2. The summed E-state index contributed by atoms with van der Waals surface area (Å²) in [5.41, 5.74) is 1.34. The lowest BCUT2D eigenvalue weighted by Gasteiger charge is -2.37. The van der Waals surface area contributed by atoms with Crippen molar-refractivity contribution in [2.45, 2.75) is 32.4 Å². The topological polar surface area (TPSA) is 15.3 Å². The molecule has 0 spiro atoms. The molecule has 1 heterocycles. The fraction of sp³-hybridized carbons (Fsp3) is 0.571. The Morgan fingerprint density at radius 3 is 2.71 bits per heavy atom. The van der Waals surface area contributed by atoms with E-state index in [9.17, 15) is 4.39 Å². The molecule has 0 radical (unpaired) electrons. The average molecular weight is 236 g/mol. The molecule has 0 atom stereocenters. The van der Waals surface area contributed by atoms with Crippen molar-refractivity contribution in [3.63, 3.8) is 0 Å². The van der Waals surface area contributed by atoms with E-state index in [0.29, 0.717) is 0 Å². The van der Waals surface area contributed by atoms with Gasteiger partial charge in [0.05, 0.1) is 0 Å². The van der Waals surface area contributed by atoms with Crippen LogP contribution >= 0.6 is 0 Å². The summed E-state index contributed by atoms with van der Waals surface area (Å²) < 4.78 is 12.9. The highest BCUT2D eigenvalue weighted by atomic mass is 19.1. The van der Waals surface area contributed by atoms with Gasteiger partial charge in [0.15, 0.2) is 0 Å². The standard InChI is InChI=1S/C14H21FN2/c1-14(2)11-16-8-3-9-17(14)10-12-4-6-13(15)7-5-12/h4-7,16H,3,8-11H2,1-2H3. The molecule has 2 rings (SSSR count). The van der Waals surface area contributed by atoms with Crippen LogP contribution in [-0.4, -0.2) is 30.1 Å². The number of benzene rings is 1. The number of halogens is 1. The molecule has 1 aliphatic heterocycles. The molecular formula is C14H21FN2. The second kappa shape index (κ2) is 5.15. The normalized spacial score (nSPS) is 21.1. The number of nitrogens with zero attached hydrogens (tertiary/aromatic N) is 1. The molecule has 2 nitrogen and oxygen atoms in total. The Hall–Kier alpha value is -0.930. The van der Waals surface area contributed by atoms with Crippen LogP contribution in [0.15, 0.2) is 24.3 Å². The fourth-order valence-corrected chi connectivity index (χ4v) is 2.31. The van der Waals surface area contributed by atoms with Crippen molar-refractivity contribution in [1.82, 2.24) is 10.2 Å². The van der Waals surface area contributed by atoms with Crippen molar-refractivity contribution in [2.24, 2.45) is 0 Å². The van der Waals surface area contributed by atoms with Crippen LogP contribution in [0.25, 0.3) is 0 Å². The zero-order valence-electron chi connectivity index (χ0n) is 10.7. The van der Waals surface area contributed by atoms with Gasteiger partial charge < -0.3 is 5.32 Å². The van der Waals surface area contributed by atoms with Gasteiger partial charge in [-0.05, 0) is 44.5 Å². The SMILES string of the molecule is CC1(C)CNCCCN1Cc1ccc(F)cc1. The maximum absolute atomic E-state index is 12.9. The van der Waals surface area contributed by atoms with Crippen LogP contribution in [0.5, 0.6) is 0 Å². The molecule has 0 aliphatic carbocycles. The first-order valence-corrected chi connectivity index (χ1v) is 6.28. The van der Waals surface area contributed by atoms with E-state index in [-0.39, 0.29) is 11.4 Å². The molecule has 0 amide bonds. The summed E-state index contributed by atoms with van der Waals surface area (Å²) >= 11 is 0. The third-order valence-electron chi connectivity index (χ3n) is 3.48. The van der Waals surface area contributed by atoms with Crippen LogP contribution in [0.2, 0.25) is 0 Å². The van der Waals surface area contributed by atoms with E-state index in [0.717, 1.165) is 26.2 Å². The van der Waals surface area contributed by atoms with E-state index in [4.69, 9.17) is 0 Å². The molecular weight excluding hydrogens is 215 g/mol. The molecule has 1 N–H and O–H groups in total. The molecule has 3 heteroatoms. The Labute approximate surface area is 103 Å². The minimum Gasteiger partial charge on any atom is -0.315 e. The van der Waals surface area contributed by atoms with E-state index < -0.39 is 0 Å². The monoisotopic (exact) mass is 236 g/mol. The van der Waals surface area contributed by atoms with Gasteiger partial charge in [-0.3, -0.25) is 4.90 Å². The lowest BCUT2D eigenvalue weighted by molar-refractivity contribution is 0.125. The van der Waals surface area contributed by atoms with Gasteiger partial charge in [-0.1, -0.05) is 12.1 Å². The summed E-state index contributed by atoms with van der Waals surface area (Å²) in [5.74, 6) is -0.162. The molecule has 1 aliphatic rings. The molecule has 1 fully saturated rings. The van der Waals surface area contributed by atoms with Gasteiger partial charge in [-0.15, -0.1) is 0 Å². The summed E-state index contributed by atoms with van der Waals surface area (Å²) in [7, 11) is 0. The van der Waals surface area contributed by atoms with Crippen LogP contribution in [-0.2, 0) is 6.54 Å². The molecule has 1 aromatic carbocycles. The van der Waals surface area contributed by atoms with Crippen molar-refractivity contribution in [3.05, 3.63) is 35.6 Å². The van der Waals surface area contributed by atoms with Crippen molar-refractivity contribution < 1.29 is 4.39 Å². The second-order valence-corrected chi connectivity index (χ2v) is 5.39. The van der Waals surface area contributed by atoms with Crippen LogP contribution < -0.4 is 5.32 Å². The van der Waals surface area contributed by atoms with E-state index >= 15 is 0 Å². The zero-order valence-corrected chi connectivity index (χ0v) is 10.7. The highest BCUT2D eigenvalue weighted by molar-refractivity contribution is 5.16. The summed E-state index contributed by atoms with van der Waals surface area (Å²) in [6.07, 6.45) is 1.17. The first-order chi connectivity index (χ1) is 8.08. The molecule has 1 aromatic rings. The highest BCUT2D eigenvalue weighted by Gasteiger charge is 2.27. The molecule has 0 saturated carbocycles. The quantitative estimate of drug-likeness (QED) is 0.848. The molecule has 94 valence electrons. The predicted octanol–water partition coefficient (Wildman–Crippen LogP) is 2.40. The van der Waals surface area contributed by atoms with Crippen LogP contribution in [0.1, 0.15) is 25.8 Å². The summed E-state index contributed by atoms with van der Waals surface area (Å²) in [5, 5.41) is 3.46. The zero-order chi connectivity index (χ0) is 12.3. The van der Waals surface area contributed by atoms with Gasteiger partial charge in [-0.2, -0.15) is 0 Å². The number of rotatable bonds is 2. The largest absolute Gasteiger partial charge is 0.315 e. The van der Waals surface area contributed by atoms with Crippen LogP contribution in [0.3, 0.4) is 0 Å². The third kappa shape index (κ3) is 3.27. The van der Waals surface area contributed by atoms with E-state index in [1.165, 1.54) is 12.0 Å². The predicted molar refractivity (Wildman–Crippen MR) is 68.4 cm³/mol. The summed E-state index contributed by atoms with van der Waals surface area (Å²) in [4.78, 5) is 2.47. The third-order valence-corrected chi connectivity index (χ3v) is 3.48. The molecule has 1 saturated heterocycles. The maximum atomic E-state index is 12.9. The molecule has 0 unspecified atom stereocenters. The molecule has 0 bridgehead atoms. The Morgan fingerprint density at radius 1 is 1.29 bits per heavy atom. The lowest BCUT2D eigenvalue weighted by atomic mass is 10.0. The Morgan fingerprint density at radius 2 is 2.00 bits per heavy atom. The van der Waals surface area contributed by atoms with Gasteiger partial charge in [0.2, 0.25) is 0 Å².